The van der Waals surface area contributed by atoms with E-state index < -0.39 is 0 Å². The highest BCUT2D eigenvalue weighted by Crippen LogP contribution is 2.32. The molecule has 2 atom stereocenters. The van der Waals surface area contributed by atoms with Gasteiger partial charge in [0.15, 0.2) is 0 Å². The topological polar surface area (TPSA) is 20.2 Å². The number of rotatable bonds is 1. The number of aliphatic hydroxyl groups excluding tert-OH is 1. The molecule has 0 heterocycles. The van der Waals surface area contributed by atoms with Crippen molar-refractivity contribution in [2.24, 2.45) is 0 Å². The predicted octanol–water partition coefficient (Wildman–Crippen LogP) is 2.26. The van der Waals surface area contributed by atoms with Crippen LogP contribution in [-0.2, 0) is 6.42 Å². The molecule has 0 aliphatic heterocycles. The van der Waals surface area contributed by atoms with Crippen molar-refractivity contribution < 1.29 is 5.11 Å². The molecule has 0 amide bonds. The normalized spacial score (nSPS) is 26.5. The van der Waals surface area contributed by atoms with E-state index in [0.29, 0.717) is 0 Å². The molecule has 68 valence electrons. The van der Waals surface area contributed by atoms with E-state index in [4.69, 9.17) is 0 Å². The van der Waals surface area contributed by atoms with Gasteiger partial charge in [0.25, 0.3) is 0 Å². The minimum absolute atomic E-state index is 0.130. The fraction of sp³-hybridized carbons (Fsp3) is 0.333. The third-order valence-electron chi connectivity index (χ3n) is 2.79. The molecule has 13 heavy (non-hydrogen) atoms. The van der Waals surface area contributed by atoms with E-state index in [1.54, 1.807) is 0 Å². The summed E-state index contributed by atoms with van der Waals surface area (Å²) in [6, 6.07) is 8.30. The molecule has 1 N–H and O–H groups in total. The molecule has 1 aliphatic carbocycles. The van der Waals surface area contributed by atoms with E-state index in [9.17, 15) is 5.11 Å². The van der Waals surface area contributed by atoms with Crippen LogP contribution in [0.25, 0.3) is 0 Å². The molecular formula is C12H14O. The Bertz CT molecular complexity index is 317. The average Bonchev–Trinajstić information content (AvgIpc) is 2.18. The molecule has 1 aliphatic rings. The van der Waals surface area contributed by atoms with Crippen LogP contribution in [0.15, 0.2) is 36.9 Å². The average molecular weight is 174 g/mol. The third kappa shape index (κ3) is 1.40. The van der Waals surface area contributed by atoms with Gasteiger partial charge in [-0.15, -0.1) is 6.58 Å². The van der Waals surface area contributed by atoms with Crippen LogP contribution in [0.1, 0.15) is 23.5 Å². The SMILES string of the molecule is C=C[C@H]1c2ccccc2CC[C@@H]1O. The number of benzene rings is 1. The van der Waals surface area contributed by atoms with Gasteiger partial charge in [0.05, 0.1) is 6.10 Å². The molecule has 1 aromatic carbocycles. The molecule has 0 saturated carbocycles. The predicted molar refractivity (Wildman–Crippen MR) is 53.7 cm³/mol. The molecule has 0 saturated heterocycles. The Hall–Kier alpha value is -1.08. The first-order valence-electron chi connectivity index (χ1n) is 4.71. The zero-order valence-electron chi connectivity index (χ0n) is 7.61. The van der Waals surface area contributed by atoms with Crippen LogP contribution in [0, 0.1) is 0 Å². The summed E-state index contributed by atoms with van der Waals surface area (Å²) in [5.74, 6) is 0.130. The Kier molecular flexibility index (Phi) is 2.19. The fourth-order valence-corrected chi connectivity index (χ4v) is 2.06. The maximum atomic E-state index is 9.74. The van der Waals surface area contributed by atoms with Gasteiger partial charge in [-0.1, -0.05) is 30.3 Å². The number of aryl methyl sites for hydroxylation is 1. The third-order valence-corrected chi connectivity index (χ3v) is 2.79. The quantitative estimate of drug-likeness (QED) is 0.647. The first kappa shape index (κ1) is 8.52. The summed E-state index contributed by atoms with van der Waals surface area (Å²) < 4.78 is 0. The Morgan fingerprint density at radius 2 is 2.15 bits per heavy atom. The number of hydrogen-bond donors (Lipinski definition) is 1. The molecule has 1 heteroatoms. The second-order valence-corrected chi connectivity index (χ2v) is 3.57. The van der Waals surface area contributed by atoms with Crippen LogP contribution in [0.2, 0.25) is 0 Å². The van der Waals surface area contributed by atoms with Gasteiger partial charge in [0.1, 0.15) is 0 Å². The van der Waals surface area contributed by atoms with Gasteiger partial charge in [-0.05, 0) is 24.0 Å². The van der Waals surface area contributed by atoms with Crippen LogP contribution in [-0.4, -0.2) is 11.2 Å². The van der Waals surface area contributed by atoms with Crippen LogP contribution < -0.4 is 0 Å². The van der Waals surface area contributed by atoms with Crippen molar-refractivity contribution in [2.75, 3.05) is 0 Å². The minimum atomic E-state index is -0.243. The second kappa shape index (κ2) is 3.35. The van der Waals surface area contributed by atoms with Crippen molar-refractivity contribution in [3.63, 3.8) is 0 Å². The molecule has 1 nitrogen and oxygen atoms in total. The fourth-order valence-electron chi connectivity index (χ4n) is 2.06. The summed E-state index contributed by atoms with van der Waals surface area (Å²) in [6.45, 7) is 3.77. The first-order valence-corrected chi connectivity index (χ1v) is 4.71. The van der Waals surface area contributed by atoms with E-state index in [2.05, 4.69) is 24.8 Å². The standard InChI is InChI=1S/C12H14O/c1-2-10-11-6-4-3-5-9(11)7-8-12(10)13/h2-6,10,12-13H,1,7-8H2/t10-,12-/m0/s1. The summed E-state index contributed by atoms with van der Waals surface area (Å²) in [6.07, 6.45) is 3.45. The highest BCUT2D eigenvalue weighted by atomic mass is 16.3. The lowest BCUT2D eigenvalue weighted by atomic mass is 9.81. The lowest BCUT2D eigenvalue weighted by Gasteiger charge is -2.27. The summed E-state index contributed by atoms with van der Waals surface area (Å²) in [7, 11) is 0. The smallest absolute Gasteiger partial charge is 0.0646 e. The summed E-state index contributed by atoms with van der Waals surface area (Å²) in [5, 5.41) is 9.74. The lowest BCUT2D eigenvalue weighted by molar-refractivity contribution is 0.142. The Labute approximate surface area is 78.7 Å². The largest absolute Gasteiger partial charge is 0.392 e. The van der Waals surface area contributed by atoms with Crippen molar-refractivity contribution in [2.45, 2.75) is 24.9 Å². The highest BCUT2D eigenvalue weighted by Gasteiger charge is 2.24. The zero-order valence-corrected chi connectivity index (χ0v) is 7.61. The van der Waals surface area contributed by atoms with E-state index in [1.807, 2.05) is 12.1 Å². The van der Waals surface area contributed by atoms with Crippen molar-refractivity contribution in [3.8, 4) is 0 Å². The van der Waals surface area contributed by atoms with E-state index in [0.717, 1.165) is 12.8 Å². The maximum absolute atomic E-state index is 9.74. The van der Waals surface area contributed by atoms with Gasteiger partial charge >= 0.3 is 0 Å². The van der Waals surface area contributed by atoms with Crippen molar-refractivity contribution >= 4 is 0 Å². The molecule has 0 fully saturated rings. The van der Waals surface area contributed by atoms with Gasteiger partial charge in [-0.25, -0.2) is 0 Å². The first-order chi connectivity index (χ1) is 6.33. The molecule has 0 bridgehead atoms. The van der Waals surface area contributed by atoms with Gasteiger partial charge in [-0.2, -0.15) is 0 Å². The molecule has 0 radical (unpaired) electrons. The molecule has 0 spiro atoms. The van der Waals surface area contributed by atoms with E-state index >= 15 is 0 Å². The second-order valence-electron chi connectivity index (χ2n) is 3.57. The minimum Gasteiger partial charge on any atom is -0.392 e. The molecule has 2 rings (SSSR count). The summed E-state index contributed by atoms with van der Waals surface area (Å²) in [5.41, 5.74) is 2.61. The highest BCUT2D eigenvalue weighted by molar-refractivity contribution is 5.36. The molecule has 1 aromatic rings. The van der Waals surface area contributed by atoms with Gasteiger partial charge in [0, 0.05) is 5.92 Å². The van der Waals surface area contributed by atoms with Crippen LogP contribution in [0.5, 0.6) is 0 Å². The number of hydrogen-bond acceptors (Lipinski definition) is 1. The van der Waals surface area contributed by atoms with E-state index in [-0.39, 0.29) is 12.0 Å². The summed E-state index contributed by atoms with van der Waals surface area (Å²) in [4.78, 5) is 0. The van der Waals surface area contributed by atoms with Crippen molar-refractivity contribution in [1.29, 1.82) is 0 Å². The monoisotopic (exact) mass is 174 g/mol. The van der Waals surface area contributed by atoms with Crippen LogP contribution in [0.3, 0.4) is 0 Å². The van der Waals surface area contributed by atoms with Crippen molar-refractivity contribution in [1.82, 2.24) is 0 Å². The van der Waals surface area contributed by atoms with Crippen LogP contribution in [0.4, 0.5) is 0 Å². The number of fused-ring (bicyclic) bond motifs is 1. The van der Waals surface area contributed by atoms with Crippen molar-refractivity contribution in [3.05, 3.63) is 48.0 Å². The number of aliphatic hydroxyl groups is 1. The van der Waals surface area contributed by atoms with Gasteiger partial charge in [0.2, 0.25) is 0 Å². The lowest BCUT2D eigenvalue weighted by Crippen LogP contribution is -2.23. The Morgan fingerprint density at radius 3 is 2.92 bits per heavy atom. The summed E-state index contributed by atoms with van der Waals surface area (Å²) >= 11 is 0. The molecule has 0 unspecified atom stereocenters. The Balaban J connectivity index is 2.45. The zero-order chi connectivity index (χ0) is 9.26. The van der Waals surface area contributed by atoms with Gasteiger partial charge in [-0.3, -0.25) is 0 Å². The molecule has 0 aromatic heterocycles. The van der Waals surface area contributed by atoms with Gasteiger partial charge < -0.3 is 5.11 Å². The van der Waals surface area contributed by atoms with E-state index in [1.165, 1.54) is 11.1 Å². The van der Waals surface area contributed by atoms with Crippen LogP contribution >= 0.6 is 0 Å². The molecular weight excluding hydrogens is 160 g/mol. The Morgan fingerprint density at radius 1 is 1.38 bits per heavy atom. The maximum Gasteiger partial charge on any atom is 0.0646 e.